The Bertz CT molecular complexity index is 1380. The average Bonchev–Trinajstić information content (AvgIpc) is 3.14. The van der Waals surface area contributed by atoms with Crippen molar-refractivity contribution in [1.29, 1.82) is 0 Å². The predicted molar refractivity (Wildman–Crippen MR) is 143 cm³/mol. The first-order valence-electron chi connectivity index (χ1n) is 11.9. The molecular formula is C29H28ClNO6. The molecule has 1 atom stereocenters. The molecule has 0 saturated carbocycles. The first-order chi connectivity index (χ1) is 17.8. The van der Waals surface area contributed by atoms with Gasteiger partial charge in [-0.2, -0.15) is 0 Å². The first kappa shape index (κ1) is 26.1. The second kappa shape index (κ2) is 11.0. The number of amides is 1. The number of methoxy groups -OCH3 is 1. The maximum absolute atomic E-state index is 13.5. The van der Waals surface area contributed by atoms with Gasteiger partial charge in [0.25, 0.3) is 11.7 Å². The van der Waals surface area contributed by atoms with Crippen molar-refractivity contribution >= 4 is 34.7 Å². The number of halogens is 1. The normalized spacial score (nSPS) is 16.7. The molecule has 0 spiro atoms. The number of rotatable bonds is 8. The van der Waals surface area contributed by atoms with Crippen molar-refractivity contribution in [3.05, 3.63) is 87.9 Å². The molecule has 192 valence electrons. The lowest BCUT2D eigenvalue weighted by Crippen LogP contribution is -2.29. The minimum atomic E-state index is -0.897. The van der Waals surface area contributed by atoms with E-state index in [1.165, 1.54) is 12.0 Å². The molecule has 1 aliphatic heterocycles. The second-order valence-electron chi connectivity index (χ2n) is 8.37. The van der Waals surface area contributed by atoms with Crippen LogP contribution in [0.3, 0.4) is 0 Å². The maximum Gasteiger partial charge on any atom is 0.300 e. The van der Waals surface area contributed by atoms with Crippen LogP contribution in [0, 0.1) is 6.92 Å². The topological polar surface area (TPSA) is 85.3 Å². The molecule has 3 aromatic rings. The Morgan fingerprint density at radius 3 is 2.35 bits per heavy atom. The summed E-state index contributed by atoms with van der Waals surface area (Å²) in [4.78, 5) is 28.3. The summed E-state index contributed by atoms with van der Waals surface area (Å²) >= 11 is 6.37. The monoisotopic (exact) mass is 521 g/mol. The summed E-state index contributed by atoms with van der Waals surface area (Å²) in [5, 5.41) is 11.9. The van der Waals surface area contributed by atoms with Gasteiger partial charge in [0.2, 0.25) is 0 Å². The number of aliphatic hydroxyl groups excluding tert-OH is 1. The molecule has 0 aliphatic carbocycles. The SMILES string of the molecule is CCOc1ccc(/C(O)=C2\C(=O)C(=O)N(c3ccc(OC)c(Cl)c3)C2c2ccccc2C)c(OCC)c1. The molecule has 1 amide bonds. The number of hydrogen-bond acceptors (Lipinski definition) is 6. The van der Waals surface area contributed by atoms with Crippen molar-refractivity contribution < 1.29 is 28.9 Å². The van der Waals surface area contributed by atoms with Crippen molar-refractivity contribution in [2.45, 2.75) is 26.8 Å². The molecule has 1 heterocycles. The second-order valence-corrected chi connectivity index (χ2v) is 8.78. The van der Waals surface area contributed by atoms with Gasteiger partial charge in [-0.3, -0.25) is 14.5 Å². The van der Waals surface area contributed by atoms with Crippen LogP contribution < -0.4 is 19.1 Å². The van der Waals surface area contributed by atoms with Crippen LogP contribution in [0.4, 0.5) is 5.69 Å². The van der Waals surface area contributed by atoms with Gasteiger partial charge in [0.1, 0.15) is 23.0 Å². The van der Waals surface area contributed by atoms with Gasteiger partial charge in [-0.15, -0.1) is 0 Å². The van der Waals surface area contributed by atoms with Gasteiger partial charge < -0.3 is 19.3 Å². The highest BCUT2D eigenvalue weighted by molar-refractivity contribution is 6.52. The lowest BCUT2D eigenvalue weighted by molar-refractivity contribution is -0.132. The summed E-state index contributed by atoms with van der Waals surface area (Å²) in [7, 11) is 1.49. The van der Waals surface area contributed by atoms with Gasteiger partial charge >= 0.3 is 0 Å². The number of Topliss-reactive ketones (excluding diaryl/α,β-unsaturated/α-hetero) is 1. The van der Waals surface area contributed by atoms with Gasteiger partial charge in [-0.1, -0.05) is 35.9 Å². The number of carbonyl (C=O) groups is 2. The number of benzene rings is 3. The Kier molecular flexibility index (Phi) is 7.74. The summed E-state index contributed by atoms with van der Waals surface area (Å²) in [6.07, 6.45) is 0. The van der Waals surface area contributed by atoms with Crippen molar-refractivity contribution in [1.82, 2.24) is 0 Å². The van der Waals surface area contributed by atoms with E-state index < -0.39 is 17.7 Å². The van der Waals surface area contributed by atoms with E-state index in [4.69, 9.17) is 25.8 Å². The van der Waals surface area contributed by atoms with E-state index in [1.54, 1.807) is 36.4 Å². The highest BCUT2D eigenvalue weighted by Crippen LogP contribution is 2.45. The molecule has 1 fully saturated rings. The third-order valence-electron chi connectivity index (χ3n) is 6.16. The molecule has 7 nitrogen and oxygen atoms in total. The van der Waals surface area contributed by atoms with E-state index in [0.29, 0.717) is 41.7 Å². The molecule has 1 aliphatic rings. The van der Waals surface area contributed by atoms with Crippen LogP contribution in [0.1, 0.15) is 36.6 Å². The predicted octanol–water partition coefficient (Wildman–Crippen LogP) is 6.08. The first-order valence-corrected chi connectivity index (χ1v) is 12.3. The Morgan fingerprint density at radius 1 is 0.973 bits per heavy atom. The average molecular weight is 522 g/mol. The Morgan fingerprint density at radius 2 is 1.70 bits per heavy atom. The standard InChI is InChI=1S/C29H28ClNO6/c1-5-36-19-12-13-21(24(16-19)37-6-2)27(32)25-26(20-10-8-7-9-17(20)3)31(29(34)28(25)33)18-11-14-23(35-4)22(30)15-18/h7-16,26,32H,5-6H2,1-4H3/b27-25+. The smallest absolute Gasteiger partial charge is 0.300 e. The van der Waals surface area contributed by atoms with Crippen LogP contribution in [0.25, 0.3) is 5.76 Å². The van der Waals surface area contributed by atoms with Crippen LogP contribution >= 0.6 is 11.6 Å². The minimum Gasteiger partial charge on any atom is -0.507 e. The lowest BCUT2D eigenvalue weighted by Gasteiger charge is -2.27. The number of hydrogen-bond donors (Lipinski definition) is 1. The zero-order valence-electron chi connectivity index (χ0n) is 21.1. The quantitative estimate of drug-likeness (QED) is 0.220. The highest BCUT2D eigenvalue weighted by Gasteiger charge is 2.47. The molecule has 0 bridgehead atoms. The number of ketones is 1. The molecule has 4 rings (SSSR count). The zero-order chi connectivity index (χ0) is 26.7. The fourth-order valence-corrected chi connectivity index (χ4v) is 4.72. The fourth-order valence-electron chi connectivity index (χ4n) is 4.47. The van der Waals surface area contributed by atoms with Gasteiger partial charge in [-0.05, 0) is 62.2 Å². The third kappa shape index (κ3) is 4.87. The highest BCUT2D eigenvalue weighted by atomic mass is 35.5. The third-order valence-corrected chi connectivity index (χ3v) is 6.46. The lowest BCUT2D eigenvalue weighted by atomic mass is 9.92. The number of aryl methyl sites for hydroxylation is 1. The van der Waals surface area contributed by atoms with Gasteiger partial charge in [-0.25, -0.2) is 0 Å². The maximum atomic E-state index is 13.5. The molecule has 0 aromatic heterocycles. The summed E-state index contributed by atoms with van der Waals surface area (Å²) in [6.45, 7) is 6.36. The number of carbonyl (C=O) groups excluding carboxylic acids is 2. The molecule has 8 heteroatoms. The molecule has 3 aromatic carbocycles. The molecule has 0 radical (unpaired) electrons. The summed E-state index contributed by atoms with van der Waals surface area (Å²) < 4.78 is 16.6. The van der Waals surface area contributed by atoms with E-state index in [9.17, 15) is 14.7 Å². The van der Waals surface area contributed by atoms with Crippen molar-refractivity contribution in [2.24, 2.45) is 0 Å². The van der Waals surface area contributed by atoms with Gasteiger partial charge in [0, 0.05) is 11.8 Å². The molecule has 37 heavy (non-hydrogen) atoms. The number of nitrogens with zero attached hydrogens (tertiary/aromatic N) is 1. The van der Waals surface area contributed by atoms with E-state index in [0.717, 1.165) is 5.56 Å². The van der Waals surface area contributed by atoms with Crippen LogP contribution in [0.2, 0.25) is 5.02 Å². The van der Waals surface area contributed by atoms with Crippen molar-refractivity contribution in [3.8, 4) is 17.2 Å². The Balaban J connectivity index is 1.96. The van der Waals surface area contributed by atoms with E-state index in [1.807, 2.05) is 45.0 Å². The summed E-state index contributed by atoms with van der Waals surface area (Å²) in [6, 6.07) is 16.3. The van der Waals surface area contributed by atoms with E-state index in [2.05, 4.69) is 0 Å². The van der Waals surface area contributed by atoms with Crippen LogP contribution in [0.5, 0.6) is 17.2 Å². The molecule has 1 saturated heterocycles. The molecule has 1 unspecified atom stereocenters. The Hall–Kier alpha value is -3.97. The number of ether oxygens (including phenoxy) is 3. The number of aliphatic hydroxyl groups is 1. The minimum absolute atomic E-state index is 0.0450. The van der Waals surface area contributed by atoms with Crippen LogP contribution in [-0.2, 0) is 9.59 Å². The van der Waals surface area contributed by atoms with Crippen molar-refractivity contribution in [2.75, 3.05) is 25.2 Å². The van der Waals surface area contributed by atoms with Crippen LogP contribution in [0.15, 0.2) is 66.2 Å². The largest absolute Gasteiger partial charge is 0.507 e. The molecular weight excluding hydrogens is 494 g/mol. The van der Waals surface area contributed by atoms with Gasteiger partial charge in [0.05, 0.1) is 42.5 Å². The van der Waals surface area contributed by atoms with E-state index in [-0.39, 0.29) is 21.9 Å². The fraction of sp³-hybridized carbons (Fsp3) is 0.241. The molecule has 1 N–H and O–H groups in total. The summed E-state index contributed by atoms with van der Waals surface area (Å²) in [5.74, 6) is -0.584. The van der Waals surface area contributed by atoms with Crippen molar-refractivity contribution in [3.63, 3.8) is 0 Å². The van der Waals surface area contributed by atoms with Gasteiger partial charge in [0.15, 0.2) is 0 Å². The van der Waals surface area contributed by atoms with Crippen LogP contribution in [-0.4, -0.2) is 37.1 Å². The Labute approximate surface area is 220 Å². The van der Waals surface area contributed by atoms with E-state index >= 15 is 0 Å². The number of anilines is 1. The zero-order valence-corrected chi connectivity index (χ0v) is 21.8. The summed E-state index contributed by atoms with van der Waals surface area (Å²) in [5.41, 5.74) is 2.18.